The zero-order chi connectivity index (χ0) is 19.9. The Bertz CT molecular complexity index is 919. The van der Waals surface area contributed by atoms with Gasteiger partial charge >= 0.3 is 17.3 Å². The average molecular weight is 421 g/mol. The molecule has 0 fully saturated rings. The van der Waals surface area contributed by atoms with Crippen LogP contribution in [0.3, 0.4) is 0 Å². The lowest BCUT2D eigenvalue weighted by atomic mass is 10.2. The Balaban J connectivity index is 1.89. The van der Waals surface area contributed by atoms with Crippen molar-refractivity contribution in [1.29, 1.82) is 0 Å². The lowest BCUT2D eigenvalue weighted by Crippen LogP contribution is -2.41. The molecule has 12 heteroatoms. The summed E-state index contributed by atoms with van der Waals surface area (Å²) < 4.78 is 40.4. The molecule has 0 aliphatic carbocycles. The number of carbonyl (C=O) groups is 2. The highest BCUT2D eigenvalue weighted by Gasteiger charge is 2.45. The van der Waals surface area contributed by atoms with Gasteiger partial charge in [-0.3, -0.25) is 4.79 Å². The normalized spacial score (nSPS) is 19.8. The highest BCUT2D eigenvalue weighted by Crippen LogP contribution is 2.31. The summed E-state index contributed by atoms with van der Waals surface area (Å²) in [6.07, 6.45) is -3.46. The summed E-state index contributed by atoms with van der Waals surface area (Å²) in [6.45, 7) is 3.74. The van der Waals surface area contributed by atoms with E-state index in [9.17, 15) is 22.8 Å². The van der Waals surface area contributed by atoms with Crippen LogP contribution in [0.1, 0.15) is 19.5 Å². The molecule has 1 aromatic rings. The number of fused-ring (bicyclic) bond motifs is 1. The maximum atomic E-state index is 12.7. The van der Waals surface area contributed by atoms with E-state index in [4.69, 9.17) is 11.6 Å². The SMILES string of the molecule is CCNC(=O)C1=[N+]2C(=O)C=C(Cn3nc(C(F)(F)F)cc3Cl)N=C2SC1C. The van der Waals surface area contributed by atoms with Crippen molar-refractivity contribution in [2.75, 3.05) is 6.54 Å². The van der Waals surface area contributed by atoms with Gasteiger partial charge in [-0.05, 0) is 30.6 Å². The van der Waals surface area contributed by atoms with E-state index >= 15 is 0 Å². The zero-order valence-corrected chi connectivity index (χ0v) is 15.7. The Morgan fingerprint density at radius 2 is 2.19 bits per heavy atom. The number of thioether (sulfide) groups is 1. The number of amidine groups is 1. The first-order valence-corrected chi connectivity index (χ1v) is 9.13. The van der Waals surface area contributed by atoms with Gasteiger partial charge in [0.25, 0.3) is 5.91 Å². The van der Waals surface area contributed by atoms with E-state index in [1.807, 2.05) is 0 Å². The van der Waals surface area contributed by atoms with Gasteiger partial charge in [-0.15, -0.1) is 4.58 Å². The molecule has 0 bridgehead atoms. The number of alkyl halides is 3. The molecule has 0 saturated carbocycles. The second-order valence-corrected chi connectivity index (χ2v) is 7.41. The predicted octanol–water partition coefficient (Wildman–Crippen LogP) is 2.06. The fourth-order valence-corrected chi connectivity index (χ4v) is 3.92. The van der Waals surface area contributed by atoms with E-state index < -0.39 is 17.8 Å². The van der Waals surface area contributed by atoms with Crippen LogP contribution in [0.15, 0.2) is 22.8 Å². The third-order valence-electron chi connectivity index (χ3n) is 3.75. The van der Waals surface area contributed by atoms with Gasteiger partial charge in [-0.25, -0.2) is 9.48 Å². The molecule has 3 rings (SSSR count). The molecule has 144 valence electrons. The summed E-state index contributed by atoms with van der Waals surface area (Å²) in [5.74, 6) is -0.856. The van der Waals surface area contributed by atoms with Gasteiger partial charge in [0.2, 0.25) is 0 Å². The van der Waals surface area contributed by atoms with Crippen LogP contribution in [0.25, 0.3) is 0 Å². The molecule has 2 aliphatic rings. The molecule has 7 nitrogen and oxygen atoms in total. The number of carbonyl (C=O) groups excluding carboxylic acids is 2. The topological polar surface area (TPSA) is 79.4 Å². The number of aliphatic imine (C=N–C) groups is 1. The molecule has 1 unspecified atom stereocenters. The minimum Gasteiger partial charge on any atom is -0.349 e. The summed E-state index contributed by atoms with van der Waals surface area (Å²) >= 11 is 7.02. The van der Waals surface area contributed by atoms with Crippen LogP contribution in [-0.2, 0) is 22.3 Å². The number of nitrogens with zero attached hydrogens (tertiary/aromatic N) is 4. The predicted molar refractivity (Wildman–Crippen MR) is 93.8 cm³/mol. The molecule has 3 heterocycles. The largest absolute Gasteiger partial charge is 0.435 e. The van der Waals surface area contributed by atoms with Gasteiger partial charge < -0.3 is 5.32 Å². The Labute approximate surface area is 161 Å². The van der Waals surface area contributed by atoms with Crippen molar-refractivity contribution in [2.45, 2.75) is 31.8 Å². The molecule has 0 radical (unpaired) electrons. The number of aromatic nitrogens is 2. The van der Waals surface area contributed by atoms with E-state index in [0.29, 0.717) is 17.8 Å². The van der Waals surface area contributed by atoms with Gasteiger partial charge in [0.1, 0.15) is 11.7 Å². The summed E-state index contributed by atoms with van der Waals surface area (Å²) in [7, 11) is 0. The van der Waals surface area contributed by atoms with Crippen LogP contribution in [0.4, 0.5) is 13.2 Å². The molecular formula is C15H14ClF3N5O2S+. The standard InChI is InChI=1S/C15H13ClF3N5O2S/c1-3-20-13(26)12-7(2)27-14-21-8(4-11(25)24(12)14)6-23-10(16)5-9(22-23)15(17,18)19/h4-5,7H,3,6H2,1-2H3/p+1. The lowest BCUT2D eigenvalue weighted by Gasteiger charge is -2.07. The second-order valence-electron chi connectivity index (χ2n) is 5.72. The summed E-state index contributed by atoms with van der Waals surface area (Å²) in [5.41, 5.74) is -0.653. The zero-order valence-electron chi connectivity index (χ0n) is 14.2. The first-order chi connectivity index (χ1) is 12.6. The molecule has 1 aromatic heterocycles. The number of halogens is 4. The molecule has 1 N–H and O–H groups in total. The van der Waals surface area contributed by atoms with Gasteiger partial charge in [0, 0.05) is 12.6 Å². The summed E-state index contributed by atoms with van der Waals surface area (Å²) in [6, 6.07) is 0.708. The maximum Gasteiger partial charge on any atom is 0.435 e. The van der Waals surface area contributed by atoms with Crippen LogP contribution >= 0.6 is 23.4 Å². The van der Waals surface area contributed by atoms with Crippen LogP contribution < -0.4 is 5.32 Å². The molecule has 27 heavy (non-hydrogen) atoms. The quantitative estimate of drug-likeness (QED) is 0.756. The molecule has 2 aliphatic heterocycles. The molecule has 0 aromatic carbocycles. The first-order valence-electron chi connectivity index (χ1n) is 7.87. The molecule has 1 atom stereocenters. The van der Waals surface area contributed by atoms with E-state index in [0.717, 1.165) is 10.8 Å². The van der Waals surface area contributed by atoms with Crippen molar-refractivity contribution in [1.82, 2.24) is 15.1 Å². The Morgan fingerprint density at radius 3 is 2.78 bits per heavy atom. The Hall–Kier alpha value is -2.14. The van der Waals surface area contributed by atoms with Crippen LogP contribution in [0.5, 0.6) is 0 Å². The molecular weight excluding hydrogens is 407 g/mol. The fourth-order valence-electron chi connectivity index (χ4n) is 2.62. The highest BCUT2D eigenvalue weighted by atomic mass is 35.5. The maximum absolute atomic E-state index is 12.7. The lowest BCUT2D eigenvalue weighted by molar-refractivity contribution is -0.328. The minimum atomic E-state index is -4.62. The van der Waals surface area contributed by atoms with E-state index in [-0.39, 0.29) is 34.3 Å². The number of allylic oxidation sites excluding steroid dienone is 1. The van der Waals surface area contributed by atoms with E-state index in [1.54, 1.807) is 13.8 Å². The molecule has 0 saturated heterocycles. The number of rotatable bonds is 4. The minimum absolute atomic E-state index is 0.196. The van der Waals surface area contributed by atoms with E-state index in [1.165, 1.54) is 16.3 Å². The van der Waals surface area contributed by atoms with Gasteiger partial charge in [-0.1, -0.05) is 11.6 Å². The van der Waals surface area contributed by atoms with Crippen molar-refractivity contribution in [3.63, 3.8) is 0 Å². The average Bonchev–Trinajstić information content (AvgIpc) is 3.07. The van der Waals surface area contributed by atoms with Crippen LogP contribution in [-0.4, -0.2) is 48.8 Å². The number of hydrogen-bond acceptors (Lipinski definition) is 5. The molecule has 0 spiro atoms. The number of hydrogen-bond donors (Lipinski definition) is 1. The third-order valence-corrected chi connectivity index (χ3v) is 5.12. The summed E-state index contributed by atoms with van der Waals surface area (Å²) in [4.78, 5) is 29.0. The Kier molecular flexibility index (Phi) is 5.17. The van der Waals surface area contributed by atoms with Gasteiger partial charge in [0.15, 0.2) is 17.1 Å². The first kappa shape index (κ1) is 19.6. The monoisotopic (exact) mass is 420 g/mol. The number of nitrogens with one attached hydrogen (secondary N) is 1. The summed E-state index contributed by atoms with van der Waals surface area (Å²) in [5, 5.41) is 5.85. The second kappa shape index (κ2) is 7.12. The van der Waals surface area contributed by atoms with Crippen molar-refractivity contribution in [3.8, 4) is 0 Å². The number of amides is 2. The van der Waals surface area contributed by atoms with Crippen molar-refractivity contribution in [2.24, 2.45) is 4.99 Å². The smallest absolute Gasteiger partial charge is 0.349 e. The van der Waals surface area contributed by atoms with Crippen molar-refractivity contribution >= 4 is 46.1 Å². The van der Waals surface area contributed by atoms with E-state index in [2.05, 4.69) is 15.4 Å². The highest BCUT2D eigenvalue weighted by molar-refractivity contribution is 8.15. The van der Waals surface area contributed by atoms with Crippen LogP contribution in [0, 0.1) is 0 Å². The van der Waals surface area contributed by atoms with Crippen molar-refractivity contribution in [3.05, 3.63) is 28.7 Å². The van der Waals surface area contributed by atoms with Gasteiger partial charge in [0.05, 0.1) is 11.3 Å². The fraction of sp³-hybridized carbons (Fsp3) is 0.400. The van der Waals surface area contributed by atoms with Crippen LogP contribution in [0.2, 0.25) is 5.15 Å². The van der Waals surface area contributed by atoms with Gasteiger partial charge in [-0.2, -0.15) is 18.3 Å². The van der Waals surface area contributed by atoms with Crippen molar-refractivity contribution < 1.29 is 27.3 Å². The third kappa shape index (κ3) is 3.79. The Morgan fingerprint density at radius 1 is 1.48 bits per heavy atom. The molecule has 2 amide bonds.